The Bertz CT molecular complexity index is 1290. The summed E-state index contributed by atoms with van der Waals surface area (Å²) in [6.07, 6.45) is 0.930. The van der Waals surface area contributed by atoms with E-state index in [0.717, 1.165) is 16.5 Å². The van der Waals surface area contributed by atoms with Crippen molar-refractivity contribution in [1.82, 2.24) is 19.9 Å². The smallest absolute Gasteiger partial charge is 0.320 e. The Kier molecular flexibility index (Phi) is 4.84. The Morgan fingerprint density at radius 2 is 2.03 bits per heavy atom. The molecule has 10 heteroatoms. The van der Waals surface area contributed by atoms with Crippen LogP contribution in [0.4, 0.5) is 14.5 Å². The molecule has 2 atom stereocenters. The molecule has 2 aromatic heterocycles. The summed E-state index contributed by atoms with van der Waals surface area (Å²) in [6.45, 7) is 3.14. The van der Waals surface area contributed by atoms with E-state index in [-0.39, 0.29) is 29.1 Å². The third-order valence-electron chi connectivity index (χ3n) is 6.51. The molecule has 0 bridgehead atoms. The molecule has 1 saturated heterocycles. The number of anilines is 1. The molecule has 0 spiro atoms. The van der Waals surface area contributed by atoms with Gasteiger partial charge in [-0.15, -0.1) is 0 Å². The van der Waals surface area contributed by atoms with Gasteiger partial charge in [0.15, 0.2) is 0 Å². The molecule has 2 N–H and O–H groups in total. The number of rotatable bonds is 5. The SMILES string of the molecule is C[C@@H](Oc1nc(-c2ccc3c(c2)NC(=O)C3(C)C)cc2ncn(C(F)F)c12)[C@H]1CNC(=O)C1. The minimum atomic E-state index is -2.81. The van der Waals surface area contributed by atoms with Gasteiger partial charge < -0.3 is 15.4 Å². The van der Waals surface area contributed by atoms with Gasteiger partial charge >= 0.3 is 6.55 Å². The van der Waals surface area contributed by atoms with E-state index >= 15 is 0 Å². The first-order valence-corrected chi connectivity index (χ1v) is 10.7. The molecule has 5 rings (SSSR count). The lowest BCUT2D eigenvalue weighted by atomic mass is 9.86. The maximum absolute atomic E-state index is 13.6. The molecule has 33 heavy (non-hydrogen) atoms. The van der Waals surface area contributed by atoms with Crippen LogP contribution in [0.25, 0.3) is 22.3 Å². The maximum Gasteiger partial charge on any atom is 0.320 e. The minimum Gasteiger partial charge on any atom is -0.473 e. The fourth-order valence-corrected chi connectivity index (χ4v) is 4.39. The Hall–Kier alpha value is -3.56. The highest BCUT2D eigenvalue weighted by Gasteiger charge is 2.38. The van der Waals surface area contributed by atoms with Gasteiger partial charge in [-0.25, -0.2) is 9.97 Å². The van der Waals surface area contributed by atoms with Gasteiger partial charge in [-0.1, -0.05) is 12.1 Å². The van der Waals surface area contributed by atoms with E-state index in [2.05, 4.69) is 20.6 Å². The Morgan fingerprint density at radius 1 is 1.24 bits per heavy atom. The number of alkyl halides is 2. The van der Waals surface area contributed by atoms with Gasteiger partial charge in [-0.05, 0) is 38.5 Å². The number of benzene rings is 1. The lowest BCUT2D eigenvalue weighted by Gasteiger charge is -2.20. The number of hydrogen-bond acceptors (Lipinski definition) is 5. The van der Waals surface area contributed by atoms with Crippen molar-refractivity contribution in [2.45, 2.75) is 45.3 Å². The van der Waals surface area contributed by atoms with Crippen LogP contribution in [0.3, 0.4) is 0 Å². The van der Waals surface area contributed by atoms with Crippen molar-refractivity contribution < 1.29 is 23.1 Å². The van der Waals surface area contributed by atoms with Crippen molar-refractivity contribution in [2.75, 3.05) is 11.9 Å². The molecule has 3 aromatic rings. The second-order valence-electron chi connectivity index (χ2n) is 9.04. The molecular formula is C23H23F2N5O3. The number of imidazole rings is 1. The molecule has 4 heterocycles. The third-order valence-corrected chi connectivity index (χ3v) is 6.51. The highest BCUT2D eigenvalue weighted by molar-refractivity contribution is 6.06. The fraction of sp³-hybridized carbons (Fsp3) is 0.391. The highest BCUT2D eigenvalue weighted by atomic mass is 19.3. The van der Waals surface area contributed by atoms with Gasteiger partial charge in [0.25, 0.3) is 0 Å². The molecular weight excluding hydrogens is 432 g/mol. The Labute approximate surface area is 188 Å². The van der Waals surface area contributed by atoms with Crippen LogP contribution in [0.1, 0.15) is 39.3 Å². The van der Waals surface area contributed by atoms with Crippen LogP contribution >= 0.6 is 0 Å². The normalized spacial score (nSPS) is 20.1. The first-order valence-electron chi connectivity index (χ1n) is 10.7. The number of halogens is 2. The molecule has 2 amide bonds. The van der Waals surface area contributed by atoms with Gasteiger partial charge in [-0.2, -0.15) is 8.78 Å². The van der Waals surface area contributed by atoms with Gasteiger partial charge in [0.1, 0.15) is 17.9 Å². The molecule has 0 saturated carbocycles. The number of amides is 2. The average molecular weight is 455 g/mol. The predicted molar refractivity (Wildman–Crippen MR) is 117 cm³/mol. The number of carbonyl (C=O) groups excluding carboxylic acids is 2. The van der Waals surface area contributed by atoms with Crippen molar-refractivity contribution in [1.29, 1.82) is 0 Å². The zero-order valence-corrected chi connectivity index (χ0v) is 18.4. The topological polar surface area (TPSA) is 98.1 Å². The summed E-state index contributed by atoms with van der Waals surface area (Å²) in [7, 11) is 0. The van der Waals surface area contributed by atoms with Crippen molar-refractivity contribution >= 4 is 28.5 Å². The first-order chi connectivity index (χ1) is 15.6. The maximum atomic E-state index is 13.6. The Morgan fingerprint density at radius 3 is 2.73 bits per heavy atom. The quantitative estimate of drug-likeness (QED) is 0.612. The van der Waals surface area contributed by atoms with Crippen LogP contribution in [0.2, 0.25) is 0 Å². The van der Waals surface area contributed by atoms with E-state index in [9.17, 15) is 18.4 Å². The van der Waals surface area contributed by atoms with E-state index in [4.69, 9.17) is 4.74 Å². The van der Waals surface area contributed by atoms with Crippen LogP contribution in [0.5, 0.6) is 5.88 Å². The van der Waals surface area contributed by atoms with E-state index < -0.39 is 18.1 Å². The third kappa shape index (κ3) is 3.49. The van der Waals surface area contributed by atoms with Gasteiger partial charge in [0.2, 0.25) is 17.7 Å². The summed E-state index contributed by atoms with van der Waals surface area (Å²) >= 11 is 0. The van der Waals surface area contributed by atoms with Crippen molar-refractivity contribution in [3.8, 4) is 17.1 Å². The lowest BCUT2D eigenvalue weighted by Crippen LogP contribution is -2.26. The summed E-state index contributed by atoms with van der Waals surface area (Å²) in [4.78, 5) is 32.6. The molecule has 1 fully saturated rings. The average Bonchev–Trinajstić information content (AvgIpc) is 3.44. The monoisotopic (exact) mass is 455 g/mol. The number of ether oxygens (including phenoxy) is 1. The van der Waals surface area contributed by atoms with E-state index in [1.54, 1.807) is 13.0 Å². The summed E-state index contributed by atoms with van der Waals surface area (Å²) in [5.41, 5.74) is 2.50. The summed E-state index contributed by atoms with van der Waals surface area (Å²) < 4.78 is 34.0. The molecule has 8 nitrogen and oxygen atoms in total. The summed E-state index contributed by atoms with van der Waals surface area (Å²) in [6, 6.07) is 7.14. The number of nitrogens with one attached hydrogen (secondary N) is 2. The molecule has 2 aliphatic heterocycles. The number of hydrogen-bond donors (Lipinski definition) is 2. The Balaban J connectivity index is 1.58. The standard InChI is InChI=1S/C23H23F2N5O3/c1-11(13-7-18(31)26-9-13)33-20-19-17(27-10-30(19)22(24)25)8-15(28-20)12-4-5-14-16(6-12)29-21(32)23(14,2)3/h4-6,8,10-11,13,22H,7,9H2,1-3H3,(H,26,31)(H,29,32)/t11-,13-/m1/s1. The van der Waals surface area contributed by atoms with Crippen LogP contribution in [-0.4, -0.2) is 39.0 Å². The van der Waals surface area contributed by atoms with E-state index in [0.29, 0.717) is 35.4 Å². The second-order valence-corrected chi connectivity index (χ2v) is 9.04. The van der Waals surface area contributed by atoms with Crippen LogP contribution in [0, 0.1) is 5.92 Å². The molecule has 172 valence electrons. The zero-order valence-electron chi connectivity index (χ0n) is 18.4. The van der Waals surface area contributed by atoms with Gasteiger partial charge in [0.05, 0.1) is 16.6 Å². The lowest BCUT2D eigenvalue weighted by molar-refractivity contribution is -0.120. The predicted octanol–water partition coefficient (Wildman–Crippen LogP) is 3.63. The zero-order chi connectivity index (χ0) is 23.5. The fourth-order valence-electron chi connectivity index (χ4n) is 4.39. The summed E-state index contributed by atoms with van der Waals surface area (Å²) in [5, 5.41) is 5.64. The van der Waals surface area contributed by atoms with Crippen molar-refractivity contribution in [3.05, 3.63) is 36.2 Å². The summed E-state index contributed by atoms with van der Waals surface area (Å²) in [5.74, 6) is -0.232. The molecule has 0 aliphatic carbocycles. The number of aromatic nitrogens is 3. The van der Waals surface area contributed by atoms with Crippen molar-refractivity contribution in [2.24, 2.45) is 5.92 Å². The molecule has 0 unspecified atom stereocenters. The largest absolute Gasteiger partial charge is 0.473 e. The number of nitrogens with zero attached hydrogens (tertiary/aromatic N) is 3. The van der Waals surface area contributed by atoms with Crippen LogP contribution < -0.4 is 15.4 Å². The van der Waals surface area contributed by atoms with E-state index in [1.165, 1.54) is 0 Å². The first kappa shape index (κ1) is 21.3. The molecule has 2 aliphatic rings. The number of fused-ring (bicyclic) bond motifs is 2. The van der Waals surface area contributed by atoms with Crippen LogP contribution in [0.15, 0.2) is 30.6 Å². The van der Waals surface area contributed by atoms with Crippen molar-refractivity contribution in [3.63, 3.8) is 0 Å². The van der Waals surface area contributed by atoms with Gasteiger partial charge in [0, 0.05) is 30.1 Å². The van der Waals surface area contributed by atoms with Gasteiger partial charge in [-0.3, -0.25) is 14.2 Å². The highest BCUT2D eigenvalue weighted by Crippen LogP contribution is 2.40. The minimum absolute atomic E-state index is 0.0250. The van der Waals surface area contributed by atoms with Crippen LogP contribution in [-0.2, 0) is 15.0 Å². The van der Waals surface area contributed by atoms with E-state index in [1.807, 2.05) is 32.0 Å². The number of carbonyl (C=O) groups is 2. The molecule has 1 aromatic carbocycles. The number of pyridine rings is 1. The molecule has 0 radical (unpaired) electrons. The second kappa shape index (κ2) is 7.50.